The third kappa shape index (κ3) is 2.13. The molecule has 0 saturated carbocycles. The Morgan fingerprint density at radius 1 is 1.64 bits per heavy atom. The minimum absolute atomic E-state index is 0.183. The van der Waals surface area contributed by atoms with Crippen molar-refractivity contribution in [3.8, 4) is 0 Å². The first-order valence-corrected chi connectivity index (χ1v) is 2.85. The van der Waals surface area contributed by atoms with Crippen molar-refractivity contribution < 1.29 is 9.59 Å². The number of aldehydes is 1. The van der Waals surface area contributed by atoms with Gasteiger partial charge in [0.15, 0.2) is 0 Å². The molecule has 1 aromatic heterocycles. The second-order valence-electron chi connectivity index (χ2n) is 1.70. The quantitative estimate of drug-likeness (QED) is 0.461. The molecule has 56 valence electrons. The average Bonchev–Trinajstić information content (AvgIpc) is 2.06. The van der Waals surface area contributed by atoms with Gasteiger partial charge in [0, 0.05) is 6.20 Å². The van der Waals surface area contributed by atoms with Crippen molar-refractivity contribution in [1.82, 2.24) is 9.97 Å². The average molecular weight is 151 g/mol. The molecule has 1 aromatic rings. The highest BCUT2D eigenvalue weighted by molar-refractivity contribution is 6.29. The number of nitrogens with one attached hydrogen (secondary N) is 1. The maximum absolute atomic E-state index is 10.4. The lowest BCUT2D eigenvalue weighted by Gasteiger charge is -1.95. The fourth-order valence-corrected chi connectivity index (χ4v) is 0.520. The van der Waals surface area contributed by atoms with Crippen LogP contribution in [0.5, 0.6) is 0 Å². The third-order valence-electron chi connectivity index (χ3n) is 0.940. The highest BCUT2D eigenvalue weighted by Crippen LogP contribution is 1.95. The summed E-state index contributed by atoms with van der Waals surface area (Å²) in [6.45, 7) is 0. The molecule has 1 rings (SSSR count). The normalized spacial score (nSPS) is 8.73. The highest BCUT2D eigenvalue weighted by atomic mass is 16.2. The van der Waals surface area contributed by atoms with Gasteiger partial charge >= 0.3 is 0 Å². The second kappa shape index (κ2) is 3.40. The van der Waals surface area contributed by atoms with Gasteiger partial charge in [-0.2, -0.15) is 0 Å². The maximum atomic E-state index is 10.4. The van der Waals surface area contributed by atoms with Crippen molar-refractivity contribution in [2.75, 3.05) is 5.32 Å². The highest BCUT2D eigenvalue weighted by Gasteiger charge is 1.97. The van der Waals surface area contributed by atoms with E-state index in [9.17, 15) is 9.59 Å². The maximum Gasteiger partial charge on any atom is 0.289 e. The van der Waals surface area contributed by atoms with Crippen LogP contribution in [0.15, 0.2) is 18.6 Å². The van der Waals surface area contributed by atoms with Gasteiger partial charge in [-0.25, -0.2) is 9.97 Å². The van der Waals surface area contributed by atoms with Gasteiger partial charge in [0.05, 0.1) is 0 Å². The molecular weight excluding hydrogens is 146 g/mol. The van der Waals surface area contributed by atoms with E-state index in [2.05, 4.69) is 15.3 Å². The Kier molecular flexibility index (Phi) is 2.27. The van der Waals surface area contributed by atoms with Gasteiger partial charge in [0.2, 0.25) is 6.29 Å². The van der Waals surface area contributed by atoms with Crippen molar-refractivity contribution in [3.05, 3.63) is 18.6 Å². The number of aromatic nitrogens is 2. The van der Waals surface area contributed by atoms with E-state index in [1.54, 1.807) is 0 Å². The molecule has 1 amide bonds. The van der Waals surface area contributed by atoms with Crippen LogP contribution in [-0.4, -0.2) is 22.2 Å². The van der Waals surface area contributed by atoms with Gasteiger partial charge in [-0.1, -0.05) is 0 Å². The predicted octanol–water partition coefficient (Wildman–Crippen LogP) is -0.386. The molecule has 5 heteroatoms. The lowest BCUT2D eigenvalue weighted by atomic mass is 10.5. The zero-order chi connectivity index (χ0) is 8.10. The molecule has 1 N–H and O–H groups in total. The standard InChI is InChI=1S/C6H5N3O2/c10-3-6(11)9-5-1-2-7-4-8-5/h1-4H,(H,7,8,9,11). The van der Waals surface area contributed by atoms with Crippen LogP contribution in [0.2, 0.25) is 0 Å². The van der Waals surface area contributed by atoms with E-state index in [0.29, 0.717) is 5.82 Å². The topological polar surface area (TPSA) is 72.0 Å². The number of carbonyl (C=O) groups excluding carboxylic acids is 2. The molecular formula is C6H5N3O2. The molecule has 0 aliphatic heterocycles. The van der Waals surface area contributed by atoms with Gasteiger partial charge in [-0.05, 0) is 6.07 Å². The molecule has 11 heavy (non-hydrogen) atoms. The molecule has 0 aliphatic rings. The number of amides is 1. The van der Waals surface area contributed by atoms with Gasteiger partial charge in [-0.3, -0.25) is 9.59 Å². The smallest absolute Gasteiger partial charge is 0.289 e. The number of carbonyl (C=O) groups is 2. The zero-order valence-corrected chi connectivity index (χ0v) is 5.52. The van der Waals surface area contributed by atoms with E-state index in [-0.39, 0.29) is 6.29 Å². The largest absolute Gasteiger partial charge is 0.304 e. The summed E-state index contributed by atoms with van der Waals surface area (Å²) in [5.74, 6) is -0.402. The fourth-order valence-electron chi connectivity index (χ4n) is 0.520. The molecule has 0 fully saturated rings. The van der Waals surface area contributed by atoms with Crippen molar-refractivity contribution in [2.24, 2.45) is 0 Å². The summed E-state index contributed by atoms with van der Waals surface area (Å²) in [5, 5.41) is 2.23. The van der Waals surface area contributed by atoms with Crippen LogP contribution in [0.4, 0.5) is 5.82 Å². The molecule has 0 aromatic carbocycles. The van der Waals surface area contributed by atoms with Crippen LogP contribution in [-0.2, 0) is 9.59 Å². The minimum atomic E-state index is -0.719. The van der Waals surface area contributed by atoms with Crippen molar-refractivity contribution in [1.29, 1.82) is 0 Å². The molecule has 0 radical (unpaired) electrons. The van der Waals surface area contributed by atoms with Crippen LogP contribution >= 0.6 is 0 Å². The molecule has 0 spiro atoms. The number of hydrogen-bond donors (Lipinski definition) is 1. The number of hydrogen-bond acceptors (Lipinski definition) is 4. The van der Waals surface area contributed by atoms with Gasteiger partial charge in [-0.15, -0.1) is 0 Å². The van der Waals surface area contributed by atoms with Gasteiger partial charge in [0.25, 0.3) is 5.91 Å². The van der Waals surface area contributed by atoms with E-state index in [4.69, 9.17) is 0 Å². The first-order chi connectivity index (χ1) is 5.33. The van der Waals surface area contributed by atoms with E-state index >= 15 is 0 Å². The number of nitrogens with zero attached hydrogens (tertiary/aromatic N) is 2. The van der Waals surface area contributed by atoms with Crippen LogP contribution in [0, 0.1) is 0 Å². The Morgan fingerprint density at radius 3 is 3.00 bits per heavy atom. The summed E-state index contributed by atoms with van der Waals surface area (Å²) in [7, 11) is 0. The SMILES string of the molecule is O=CC(=O)Nc1ccncn1. The van der Waals surface area contributed by atoms with Gasteiger partial charge in [0.1, 0.15) is 12.1 Å². The van der Waals surface area contributed by atoms with Crippen molar-refractivity contribution in [2.45, 2.75) is 0 Å². The Labute approximate surface area is 62.5 Å². The molecule has 0 bridgehead atoms. The molecule has 1 heterocycles. The van der Waals surface area contributed by atoms with E-state index < -0.39 is 5.91 Å². The Bertz CT molecular complexity index is 260. The van der Waals surface area contributed by atoms with Crippen molar-refractivity contribution >= 4 is 18.0 Å². The first-order valence-electron chi connectivity index (χ1n) is 2.85. The summed E-state index contributed by atoms with van der Waals surface area (Å²) >= 11 is 0. The second-order valence-corrected chi connectivity index (χ2v) is 1.70. The molecule has 0 saturated heterocycles. The van der Waals surface area contributed by atoms with Crippen LogP contribution in [0.25, 0.3) is 0 Å². The van der Waals surface area contributed by atoms with Crippen LogP contribution in [0.3, 0.4) is 0 Å². The fraction of sp³-hybridized carbons (Fsp3) is 0. The summed E-state index contributed by atoms with van der Waals surface area (Å²) in [4.78, 5) is 27.6. The lowest BCUT2D eigenvalue weighted by Crippen LogP contribution is -2.13. The molecule has 0 atom stereocenters. The van der Waals surface area contributed by atoms with Crippen molar-refractivity contribution in [3.63, 3.8) is 0 Å². The Balaban J connectivity index is 2.65. The number of anilines is 1. The van der Waals surface area contributed by atoms with E-state index in [0.717, 1.165) is 0 Å². The Morgan fingerprint density at radius 2 is 2.45 bits per heavy atom. The summed E-state index contributed by atoms with van der Waals surface area (Å²) in [6, 6.07) is 1.49. The summed E-state index contributed by atoms with van der Waals surface area (Å²) in [6.07, 6.45) is 2.93. The Hall–Kier alpha value is -1.78. The monoisotopic (exact) mass is 151 g/mol. The first kappa shape index (κ1) is 7.33. The lowest BCUT2D eigenvalue weighted by molar-refractivity contribution is -0.127. The molecule has 0 aliphatic carbocycles. The molecule has 0 unspecified atom stereocenters. The summed E-state index contributed by atoms with van der Waals surface area (Å²) in [5.41, 5.74) is 0. The number of rotatable bonds is 2. The van der Waals surface area contributed by atoms with Gasteiger partial charge < -0.3 is 5.32 Å². The van der Waals surface area contributed by atoms with Crippen LogP contribution in [0.1, 0.15) is 0 Å². The van der Waals surface area contributed by atoms with Crippen LogP contribution < -0.4 is 5.32 Å². The molecule has 5 nitrogen and oxygen atoms in total. The van der Waals surface area contributed by atoms with E-state index in [1.807, 2.05) is 0 Å². The summed E-state index contributed by atoms with van der Waals surface area (Å²) < 4.78 is 0. The minimum Gasteiger partial charge on any atom is -0.304 e. The third-order valence-corrected chi connectivity index (χ3v) is 0.940. The predicted molar refractivity (Wildman–Crippen MR) is 36.7 cm³/mol. The zero-order valence-electron chi connectivity index (χ0n) is 5.52. The van der Waals surface area contributed by atoms with E-state index in [1.165, 1.54) is 18.6 Å².